The van der Waals surface area contributed by atoms with Crippen LogP contribution in [0.4, 0.5) is 13.2 Å². The van der Waals surface area contributed by atoms with Crippen LogP contribution < -0.4 is 0 Å². The molecule has 0 N–H and O–H groups in total. The van der Waals surface area contributed by atoms with E-state index in [1.807, 2.05) is 6.92 Å². The van der Waals surface area contributed by atoms with E-state index in [9.17, 15) is 18.0 Å². The zero-order valence-corrected chi connectivity index (χ0v) is 10.3. The minimum atomic E-state index is -4.40. The number of carbonyl (C=O) groups is 1. The first kappa shape index (κ1) is 14.5. The van der Waals surface area contributed by atoms with E-state index in [-0.39, 0.29) is 6.61 Å². The van der Waals surface area contributed by atoms with Crippen molar-refractivity contribution >= 4 is 5.97 Å². The van der Waals surface area contributed by atoms with Crippen molar-refractivity contribution in [2.45, 2.75) is 32.4 Å². The van der Waals surface area contributed by atoms with Crippen molar-refractivity contribution < 1.29 is 22.7 Å². The van der Waals surface area contributed by atoms with Crippen molar-refractivity contribution in [3.05, 3.63) is 35.4 Å². The molecule has 2 nitrogen and oxygen atoms in total. The lowest BCUT2D eigenvalue weighted by Gasteiger charge is -2.17. The first-order valence-electron chi connectivity index (χ1n) is 5.63. The Morgan fingerprint density at radius 3 is 2.28 bits per heavy atom. The molecule has 1 aromatic rings. The van der Waals surface area contributed by atoms with Gasteiger partial charge in [-0.2, -0.15) is 13.2 Å². The summed E-state index contributed by atoms with van der Waals surface area (Å²) < 4.78 is 42.1. The summed E-state index contributed by atoms with van der Waals surface area (Å²) in [6.45, 7) is 3.46. The molecular weight excluding hydrogens is 245 g/mol. The van der Waals surface area contributed by atoms with Crippen LogP contribution in [0.2, 0.25) is 0 Å². The fraction of sp³-hybridized carbons (Fsp3) is 0.462. The minimum absolute atomic E-state index is 0.0685. The largest absolute Gasteiger partial charge is 0.466 e. The molecule has 0 amide bonds. The summed E-state index contributed by atoms with van der Waals surface area (Å²) in [5.41, 5.74) is 1.25. The zero-order valence-electron chi connectivity index (χ0n) is 10.3. The molecule has 1 aromatic carbocycles. The van der Waals surface area contributed by atoms with Crippen molar-refractivity contribution in [3.8, 4) is 0 Å². The summed E-state index contributed by atoms with van der Waals surface area (Å²) in [7, 11) is 0. The van der Waals surface area contributed by atoms with Crippen molar-refractivity contribution in [1.82, 2.24) is 0 Å². The predicted molar refractivity (Wildman–Crippen MR) is 61.2 cm³/mol. The first-order valence-corrected chi connectivity index (χ1v) is 5.63. The zero-order chi connectivity index (χ0) is 13.8. The van der Waals surface area contributed by atoms with Gasteiger partial charge in [-0.25, -0.2) is 0 Å². The summed E-state index contributed by atoms with van der Waals surface area (Å²) in [4.78, 5) is 11.6. The standard InChI is InChI=1S/C13H15F3O2/c1-3-18-12(17)11(8-13(14,15)16)10-6-4-9(2)5-7-10/h4-7,11H,3,8H2,1-2H3. The third-order valence-corrected chi connectivity index (χ3v) is 2.49. The van der Waals surface area contributed by atoms with Gasteiger partial charge in [-0.15, -0.1) is 0 Å². The van der Waals surface area contributed by atoms with E-state index in [0.29, 0.717) is 5.56 Å². The van der Waals surface area contributed by atoms with E-state index >= 15 is 0 Å². The monoisotopic (exact) mass is 260 g/mol. The maximum absolute atomic E-state index is 12.5. The second-order valence-electron chi connectivity index (χ2n) is 4.03. The van der Waals surface area contributed by atoms with Gasteiger partial charge in [0.25, 0.3) is 0 Å². The lowest BCUT2D eigenvalue weighted by molar-refractivity contribution is -0.161. The molecule has 0 aliphatic heterocycles. The van der Waals surface area contributed by atoms with Crippen LogP contribution in [0, 0.1) is 6.92 Å². The Morgan fingerprint density at radius 1 is 1.28 bits per heavy atom. The molecule has 0 radical (unpaired) electrons. The highest BCUT2D eigenvalue weighted by Gasteiger charge is 2.36. The van der Waals surface area contributed by atoms with Gasteiger partial charge in [-0.1, -0.05) is 29.8 Å². The number of carbonyl (C=O) groups excluding carboxylic acids is 1. The van der Waals surface area contributed by atoms with Crippen LogP contribution in [-0.4, -0.2) is 18.8 Å². The van der Waals surface area contributed by atoms with Crippen molar-refractivity contribution in [2.75, 3.05) is 6.61 Å². The number of esters is 1. The molecule has 0 heterocycles. The van der Waals surface area contributed by atoms with Gasteiger partial charge in [0.2, 0.25) is 0 Å². The predicted octanol–water partition coefficient (Wildman–Crippen LogP) is 3.59. The van der Waals surface area contributed by atoms with Gasteiger partial charge < -0.3 is 4.74 Å². The van der Waals surface area contributed by atoms with Crippen molar-refractivity contribution in [3.63, 3.8) is 0 Å². The minimum Gasteiger partial charge on any atom is -0.466 e. The van der Waals surface area contributed by atoms with Crippen LogP contribution in [0.3, 0.4) is 0 Å². The average Bonchev–Trinajstić information content (AvgIpc) is 2.26. The number of hydrogen-bond donors (Lipinski definition) is 0. The number of halogens is 3. The Hall–Kier alpha value is -1.52. The van der Waals surface area contributed by atoms with E-state index in [4.69, 9.17) is 4.74 Å². The van der Waals surface area contributed by atoms with E-state index in [0.717, 1.165) is 5.56 Å². The van der Waals surface area contributed by atoms with Crippen LogP contribution in [0.15, 0.2) is 24.3 Å². The molecule has 0 spiro atoms. The van der Waals surface area contributed by atoms with Crippen LogP contribution in [0.25, 0.3) is 0 Å². The molecule has 1 unspecified atom stereocenters. The van der Waals surface area contributed by atoms with E-state index in [2.05, 4.69) is 0 Å². The number of ether oxygens (including phenoxy) is 1. The highest BCUT2D eigenvalue weighted by molar-refractivity contribution is 5.78. The normalized spacial score (nSPS) is 13.2. The fourth-order valence-corrected chi connectivity index (χ4v) is 1.61. The van der Waals surface area contributed by atoms with Crippen LogP contribution in [0.1, 0.15) is 30.4 Å². The maximum Gasteiger partial charge on any atom is 0.390 e. The van der Waals surface area contributed by atoms with Gasteiger partial charge in [0.05, 0.1) is 18.9 Å². The van der Waals surface area contributed by atoms with Crippen LogP contribution in [-0.2, 0) is 9.53 Å². The second-order valence-corrected chi connectivity index (χ2v) is 4.03. The van der Waals surface area contributed by atoms with E-state index < -0.39 is 24.5 Å². The summed E-state index contributed by atoms with van der Waals surface area (Å²) in [6.07, 6.45) is -5.60. The molecule has 0 fully saturated rings. The Morgan fingerprint density at radius 2 is 1.83 bits per heavy atom. The number of hydrogen-bond acceptors (Lipinski definition) is 2. The third-order valence-electron chi connectivity index (χ3n) is 2.49. The third kappa shape index (κ3) is 4.39. The molecule has 1 rings (SSSR count). The highest BCUT2D eigenvalue weighted by atomic mass is 19.4. The van der Waals surface area contributed by atoms with Crippen molar-refractivity contribution in [1.29, 1.82) is 0 Å². The number of aryl methyl sites for hydroxylation is 1. The molecular formula is C13H15F3O2. The molecule has 18 heavy (non-hydrogen) atoms. The molecule has 0 bridgehead atoms. The summed E-state index contributed by atoms with van der Waals surface area (Å²) in [5, 5.41) is 0. The first-order chi connectivity index (χ1) is 8.33. The second kappa shape index (κ2) is 5.89. The summed E-state index contributed by atoms with van der Waals surface area (Å²) >= 11 is 0. The topological polar surface area (TPSA) is 26.3 Å². The Balaban J connectivity index is 2.96. The van der Waals surface area contributed by atoms with Gasteiger partial charge in [-0.3, -0.25) is 4.79 Å². The van der Waals surface area contributed by atoms with Gasteiger partial charge in [0.15, 0.2) is 0 Å². The van der Waals surface area contributed by atoms with Crippen molar-refractivity contribution in [2.24, 2.45) is 0 Å². The average molecular weight is 260 g/mol. The Bertz CT molecular complexity index is 396. The molecule has 5 heteroatoms. The SMILES string of the molecule is CCOC(=O)C(CC(F)(F)F)c1ccc(C)cc1. The smallest absolute Gasteiger partial charge is 0.390 e. The summed E-state index contributed by atoms with van der Waals surface area (Å²) in [6, 6.07) is 6.42. The lowest BCUT2D eigenvalue weighted by atomic mass is 9.95. The Labute approximate surface area is 104 Å². The molecule has 0 aromatic heterocycles. The molecule has 1 atom stereocenters. The molecule has 0 saturated carbocycles. The lowest BCUT2D eigenvalue weighted by Crippen LogP contribution is -2.22. The summed E-state index contributed by atoms with van der Waals surface area (Å²) in [5.74, 6) is -2.12. The quantitative estimate of drug-likeness (QED) is 0.773. The van der Waals surface area contributed by atoms with Gasteiger partial charge in [0.1, 0.15) is 0 Å². The van der Waals surface area contributed by atoms with E-state index in [1.54, 1.807) is 19.1 Å². The molecule has 0 aliphatic carbocycles. The maximum atomic E-state index is 12.5. The van der Waals surface area contributed by atoms with Gasteiger partial charge in [-0.05, 0) is 19.4 Å². The highest BCUT2D eigenvalue weighted by Crippen LogP contribution is 2.32. The Kier molecular flexibility index (Phi) is 4.76. The fourth-order valence-electron chi connectivity index (χ4n) is 1.61. The van der Waals surface area contributed by atoms with Crippen LogP contribution in [0.5, 0.6) is 0 Å². The number of benzene rings is 1. The van der Waals surface area contributed by atoms with E-state index in [1.165, 1.54) is 12.1 Å². The number of alkyl halides is 3. The van der Waals surface area contributed by atoms with Crippen LogP contribution >= 0.6 is 0 Å². The molecule has 0 aliphatic rings. The molecule has 0 saturated heterocycles. The van der Waals surface area contributed by atoms with Gasteiger partial charge in [0, 0.05) is 0 Å². The molecule has 100 valence electrons. The number of rotatable bonds is 4. The van der Waals surface area contributed by atoms with Gasteiger partial charge >= 0.3 is 12.1 Å².